The molecule has 1 aromatic rings. The highest BCUT2D eigenvalue weighted by atomic mass is 32.2. The molecule has 0 saturated carbocycles. The molecule has 19 heavy (non-hydrogen) atoms. The molecule has 0 bridgehead atoms. The van der Waals surface area contributed by atoms with Crippen LogP contribution in [0.1, 0.15) is 5.01 Å². The molecule has 2 heterocycles. The summed E-state index contributed by atoms with van der Waals surface area (Å²) >= 11 is 6.06. The molecule has 1 fully saturated rings. The van der Waals surface area contributed by atoms with Gasteiger partial charge < -0.3 is 5.73 Å². The van der Waals surface area contributed by atoms with Gasteiger partial charge in [-0.15, -0.1) is 11.3 Å². The van der Waals surface area contributed by atoms with Crippen LogP contribution in [0, 0.1) is 6.92 Å². The Bertz CT molecular complexity index is 561. The van der Waals surface area contributed by atoms with Gasteiger partial charge in [0.25, 0.3) is 10.0 Å². The molecule has 1 aliphatic heterocycles. The summed E-state index contributed by atoms with van der Waals surface area (Å²) in [5.74, 6) is 0. The van der Waals surface area contributed by atoms with Crippen LogP contribution in [0.4, 0.5) is 0 Å². The van der Waals surface area contributed by atoms with Crippen LogP contribution in [0.5, 0.6) is 0 Å². The fraction of sp³-hybridized carbons (Fsp3) is 0.600. The Labute approximate surface area is 122 Å². The molecular weight excluding hydrogens is 304 g/mol. The predicted octanol–water partition coefficient (Wildman–Crippen LogP) is 0.0439. The zero-order valence-corrected chi connectivity index (χ0v) is 13.0. The molecule has 1 aliphatic rings. The van der Waals surface area contributed by atoms with Gasteiger partial charge in [0.1, 0.15) is 0 Å². The number of nitrogens with zero attached hydrogens (tertiary/aromatic N) is 3. The Balaban J connectivity index is 2.03. The van der Waals surface area contributed by atoms with E-state index in [2.05, 4.69) is 9.88 Å². The van der Waals surface area contributed by atoms with Crippen LogP contribution in [0.25, 0.3) is 0 Å². The van der Waals surface area contributed by atoms with Crippen molar-refractivity contribution in [3.05, 3.63) is 11.2 Å². The van der Waals surface area contributed by atoms with Crippen LogP contribution in [-0.2, 0) is 10.0 Å². The highest BCUT2D eigenvalue weighted by Crippen LogP contribution is 2.23. The van der Waals surface area contributed by atoms with Gasteiger partial charge >= 0.3 is 0 Å². The van der Waals surface area contributed by atoms with Crippen molar-refractivity contribution in [1.82, 2.24) is 14.2 Å². The first-order chi connectivity index (χ1) is 8.89. The summed E-state index contributed by atoms with van der Waals surface area (Å²) in [4.78, 5) is 6.50. The van der Waals surface area contributed by atoms with Crippen molar-refractivity contribution >= 4 is 38.6 Å². The minimum absolute atomic E-state index is 0.313. The van der Waals surface area contributed by atoms with Crippen molar-refractivity contribution in [3.63, 3.8) is 0 Å². The number of rotatable bonds is 4. The second kappa shape index (κ2) is 5.80. The molecule has 0 spiro atoms. The molecule has 0 aromatic carbocycles. The molecule has 0 atom stereocenters. The lowest BCUT2D eigenvalue weighted by Crippen LogP contribution is -2.50. The third-order valence-corrected chi connectivity index (χ3v) is 6.28. The van der Waals surface area contributed by atoms with Crippen molar-refractivity contribution in [2.24, 2.45) is 5.73 Å². The van der Waals surface area contributed by atoms with Crippen LogP contribution in [0.3, 0.4) is 0 Å². The van der Waals surface area contributed by atoms with Crippen LogP contribution in [-0.4, -0.2) is 60.3 Å². The number of thiocarbonyl (C=S) groups is 1. The van der Waals surface area contributed by atoms with E-state index in [1.165, 1.54) is 21.8 Å². The van der Waals surface area contributed by atoms with Crippen molar-refractivity contribution in [1.29, 1.82) is 0 Å². The minimum Gasteiger partial charge on any atom is -0.392 e. The molecule has 6 nitrogen and oxygen atoms in total. The van der Waals surface area contributed by atoms with E-state index in [9.17, 15) is 8.42 Å². The smallest absolute Gasteiger partial charge is 0.254 e. The number of nitrogens with two attached hydrogens (primary N) is 1. The molecular formula is C10H16N4O2S3. The second-order valence-electron chi connectivity index (χ2n) is 4.34. The van der Waals surface area contributed by atoms with Crippen LogP contribution in [0.2, 0.25) is 0 Å². The maximum atomic E-state index is 12.4. The monoisotopic (exact) mass is 320 g/mol. The van der Waals surface area contributed by atoms with Gasteiger partial charge in [-0.1, -0.05) is 12.2 Å². The normalized spacial score (nSPS) is 18.6. The molecule has 0 unspecified atom stereocenters. The average Bonchev–Trinajstić information content (AvgIpc) is 2.76. The van der Waals surface area contributed by atoms with Crippen molar-refractivity contribution in [3.8, 4) is 0 Å². The maximum absolute atomic E-state index is 12.4. The van der Waals surface area contributed by atoms with Gasteiger partial charge in [-0.3, -0.25) is 4.90 Å². The van der Waals surface area contributed by atoms with E-state index in [0.717, 1.165) is 5.01 Å². The van der Waals surface area contributed by atoms with E-state index in [-0.39, 0.29) is 0 Å². The topological polar surface area (TPSA) is 79.5 Å². The summed E-state index contributed by atoms with van der Waals surface area (Å²) in [7, 11) is -3.39. The maximum Gasteiger partial charge on any atom is 0.254 e. The Morgan fingerprint density at radius 3 is 2.58 bits per heavy atom. The third kappa shape index (κ3) is 3.48. The number of sulfonamides is 1. The van der Waals surface area contributed by atoms with E-state index in [1.54, 1.807) is 6.92 Å². The van der Waals surface area contributed by atoms with E-state index in [4.69, 9.17) is 18.0 Å². The van der Waals surface area contributed by atoms with Gasteiger partial charge in [0.05, 0.1) is 16.2 Å². The Morgan fingerprint density at radius 1 is 1.47 bits per heavy atom. The summed E-state index contributed by atoms with van der Waals surface area (Å²) < 4.78 is 26.5. The van der Waals surface area contributed by atoms with Crippen molar-refractivity contribution < 1.29 is 8.42 Å². The molecule has 1 aromatic heterocycles. The summed E-state index contributed by atoms with van der Waals surface area (Å²) in [6, 6.07) is 0. The van der Waals surface area contributed by atoms with E-state index >= 15 is 0 Å². The Morgan fingerprint density at radius 2 is 2.11 bits per heavy atom. The van der Waals surface area contributed by atoms with Gasteiger partial charge in [-0.05, 0) is 6.92 Å². The molecule has 2 N–H and O–H groups in total. The number of aromatic nitrogens is 1. The summed E-state index contributed by atoms with van der Waals surface area (Å²) in [6.45, 7) is 4.55. The molecule has 0 radical (unpaired) electrons. The quantitative estimate of drug-likeness (QED) is 0.789. The molecule has 0 amide bonds. The number of hydrogen-bond donors (Lipinski definition) is 1. The third-order valence-electron chi connectivity index (χ3n) is 2.90. The van der Waals surface area contributed by atoms with E-state index < -0.39 is 10.0 Å². The van der Waals surface area contributed by atoms with Crippen molar-refractivity contribution in [2.45, 2.75) is 11.1 Å². The summed E-state index contributed by atoms with van der Waals surface area (Å²) in [5.41, 5.74) is 5.49. The van der Waals surface area contributed by atoms with Gasteiger partial charge in [0, 0.05) is 32.7 Å². The number of piperazine rings is 1. The van der Waals surface area contributed by atoms with E-state index in [0.29, 0.717) is 41.9 Å². The molecule has 0 aliphatic carbocycles. The zero-order valence-electron chi connectivity index (χ0n) is 10.6. The van der Waals surface area contributed by atoms with Gasteiger partial charge in [0.15, 0.2) is 4.21 Å². The molecule has 9 heteroatoms. The first kappa shape index (κ1) is 14.8. The lowest BCUT2D eigenvalue weighted by Gasteiger charge is -2.33. The number of aryl methyl sites for hydroxylation is 1. The van der Waals surface area contributed by atoms with E-state index in [1.807, 2.05) is 0 Å². The number of thiazole rings is 1. The first-order valence-corrected chi connectivity index (χ1v) is 8.49. The van der Waals surface area contributed by atoms with Gasteiger partial charge in [-0.2, -0.15) is 4.31 Å². The minimum atomic E-state index is -3.39. The van der Waals surface area contributed by atoms with Crippen molar-refractivity contribution in [2.75, 3.05) is 32.7 Å². The predicted molar refractivity (Wildman–Crippen MR) is 78.8 cm³/mol. The molecule has 1 saturated heterocycles. The average molecular weight is 320 g/mol. The van der Waals surface area contributed by atoms with Gasteiger partial charge in [0.2, 0.25) is 0 Å². The SMILES string of the molecule is Cc1ncc(S(=O)(=O)N2CCN(CC(N)=S)CC2)s1. The van der Waals surface area contributed by atoms with Gasteiger partial charge in [-0.25, -0.2) is 13.4 Å². The summed E-state index contributed by atoms with van der Waals surface area (Å²) in [6.07, 6.45) is 1.43. The standard InChI is InChI=1S/C10H16N4O2S3/c1-8-12-6-10(18-8)19(15,16)14-4-2-13(3-5-14)7-9(11)17/h6H,2-5,7H2,1H3,(H2,11,17). The largest absolute Gasteiger partial charge is 0.392 e. The highest BCUT2D eigenvalue weighted by Gasteiger charge is 2.29. The zero-order chi connectivity index (χ0) is 14.0. The highest BCUT2D eigenvalue weighted by molar-refractivity contribution is 7.91. The fourth-order valence-electron chi connectivity index (χ4n) is 1.94. The first-order valence-electron chi connectivity index (χ1n) is 5.83. The Hall–Kier alpha value is -0.610. The Kier molecular flexibility index (Phi) is 4.51. The van der Waals surface area contributed by atoms with Crippen LogP contribution < -0.4 is 5.73 Å². The second-order valence-corrected chi connectivity index (χ2v) is 8.27. The molecule has 2 rings (SSSR count). The lowest BCUT2D eigenvalue weighted by atomic mass is 10.3. The summed E-state index contributed by atoms with van der Waals surface area (Å²) in [5, 5.41) is 0.755. The fourth-order valence-corrected chi connectivity index (χ4v) is 4.80. The number of hydrogen-bond acceptors (Lipinski definition) is 6. The lowest BCUT2D eigenvalue weighted by molar-refractivity contribution is 0.210. The van der Waals surface area contributed by atoms with Crippen LogP contribution in [0.15, 0.2) is 10.4 Å². The van der Waals surface area contributed by atoms with Crippen LogP contribution >= 0.6 is 23.6 Å². The molecule has 106 valence electrons.